The molecule has 0 aromatic heterocycles. The van der Waals surface area contributed by atoms with Gasteiger partial charge < -0.3 is 15.5 Å². The van der Waals surface area contributed by atoms with Gasteiger partial charge in [-0.05, 0) is 5.92 Å². The highest BCUT2D eigenvalue weighted by Gasteiger charge is 2.29. The van der Waals surface area contributed by atoms with Crippen LogP contribution in [-0.4, -0.2) is 34.2 Å². The third-order valence-corrected chi connectivity index (χ3v) is 1.93. The van der Waals surface area contributed by atoms with Crippen molar-refractivity contribution in [3.63, 3.8) is 0 Å². The summed E-state index contributed by atoms with van der Waals surface area (Å²) in [4.78, 5) is 21.7. The molecule has 0 saturated carbocycles. The van der Waals surface area contributed by atoms with Gasteiger partial charge in [-0.25, -0.2) is 4.79 Å². The van der Waals surface area contributed by atoms with Gasteiger partial charge in [-0.3, -0.25) is 4.79 Å². The van der Waals surface area contributed by atoms with E-state index in [0.717, 1.165) is 0 Å². The second-order valence-corrected chi connectivity index (χ2v) is 3.47. The summed E-state index contributed by atoms with van der Waals surface area (Å²) in [6.07, 6.45) is -0.864. The molecule has 82 valence electrons. The lowest BCUT2D eigenvalue weighted by atomic mass is 9.99. The average Bonchev–Trinajstić information content (AvgIpc) is 2.11. The molecule has 0 rings (SSSR count). The number of aliphatic hydroxyl groups is 1. The Hall–Kier alpha value is -1.10. The molecule has 14 heavy (non-hydrogen) atoms. The first-order valence-electron chi connectivity index (χ1n) is 4.60. The topological polar surface area (TPSA) is 86.6 Å². The van der Waals surface area contributed by atoms with E-state index in [1.165, 1.54) is 0 Å². The van der Waals surface area contributed by atoms with Crippen molar-refractivity contribution in [3.8, 4) is 0 Å². The van der Waals surface area contributed by atoms with Crippen LogP contribution in [0.15, 0.2) is 0 Å². The summed E-state index contributed by atoms with van der Waals surface area (Å²) < 4.78 is 0. The quantitative estimate of drug-likeness (QED) is 0.586. The molecule has 2 atom stereocenters. The van der Waals surface area contributed by atoms with Crippen LogP contribution in [-0.2, 0) is 9.59 Å². The van der Waals surface area contributed by atoms with E-state index in [4.69, 9.17) is 5.11 Å². The Labute approximate surface area is 83.1 Å². The summed E-state index contributed by atoms with van der Waals surface area (Å²) in [6.45, 7) is 5.01. The highest BCUT2D eigenvalue weighted by Crippen LogP contribution is 2.06. The van der Waals surface area contributed by atoms with Crippen molar-refractivity contribution in [2.24, 2.45) is 5.92 Å². The molecule has 5 heteroatoms. The molecule has 0 heterocycles. The molecule has 1 unspecified atom stereocenters. The fourth-order valence-corrected chi connectivity index (χ4v) is 0.954. The van der Waals surface area contributed by atoms with E-state index in [0.29, 0.717) is 0 Å². The van der Waals surface area contributed by atoms with E-state index in [1.807, 2.05) is 0 Å². The van der Waals surface area contributed by atoms with E-state index < -0.39 is 18.1 Å². The Bertz CT molecular complexity index is 215. The number of rotatable bonds is 5. The third-order valence-electron chi connectivity index (χ3n) is 1.93. The minimum absolute atomic E-state index is 0.203. The summed E-state index contributed by atoms with van der Waals surface area (Å²) in [5, 5.41) is 20.5. The molecule has 0 spiro atoms. The molecule has 0 aliphatic carbocycles. The van der Waals surface area contributed by atoms with Crippen molar-refractivity contribution in [1.82, 2.24) is 5.32 Å². The number of carbonyl (C=O) groups excluding carboxylic acids is 1. The van der Waals surface area contributed by atoms with Gasteiger partial charge in [0.15, 0.2) is 6.04 Å². The molecular weight excluding hydrogens is 186 g/mol. The van der Waals surface area contributed by atoms with Crippen LogP contribution in [0.2, 0.25) is 0 Å². The zero-order valence-corrected chi connectivity index (χ0v) is 8.65. The number of hydrogen-bond acceptors (Lipinski definition) is 3. The minimum atomic E-state index is -1.22. The largest absolute Gasteiger partial charge is 0.480 e. The van der Waals surface area contributed by atoms with Gasteiger partial charge in [0, 0.05) is 6.42 Å². The van der Waals surface area contributed by atoms with Crippen molar-refractivity contribution in [1.29, 1.82) is 0 Å². The number of aliphatic carboxylic acids is 1. The number of amides is 1. The number of nitrogens with one attached hydrogen (secondary N) is 1. The van der Waals surface area contributed by atoms with E-state index >= 15 is 0 Å². The van der Waals surface area contributed by atoms with E-state index in [2.05, 4.69) is 5.32 Å². The van der Waals surface area contributed by atoms with Crippen LogP contribution in [0.4, 0.5) is 0 Å². The lowest BCUT2D eigenvalue weighted by Crippen LogP contribution is -2.50. The van der Waals surface area contributed by atoms with Gasteiger partial charge in [0.2, 0.25) is 5.91 Å². The molecule has 0 aromatic carbocycles. The normalized spacial score (nSPS) is 14.9. The SMILES string of the molecule is CCC(=O)N[C@H](C(=O)O)C(O)C(C)C. The zero-order valence-electron chi connectivity index (χ0n) is 8.65. The minimum Gasteiger partial charge on any atom is -0.480 e. The molecule has 0 bridgehead atoms. The first kappa shape index (κ1) is 12.9. The van der Waals surface area contributed by atoms with Gasteiger partial charge in [0.25, 0.3) is 0 Å². The average molecular weight is 203 g/mol. The summed E-state index contributed by atoms with van der Waals surface area (Å²) in [5.41, 5.74) is 0. The first-order valence-corrected chi connectivity index (χ1v) is 4.60. The first-order chi connectivity index (χ1) is 6.40. The standard InChI is InChI=1S/C9H17NO4/c1-4-6(11)10-7(9(13)14)8(12)5(2)3/h5,7-8,12H,4H2,1-3H3,(H,10,11)(H,13,14)/t7-,8?/m0/s1. The van der Waals surface area contributed by atoms with Crippen molar-refractivity contribution in [2.75, 3.05) is 0 Å². The van der Waals surface area contributed by atoms with Crippen molar-refractivity contribution >= 4 is 11.9 Å². The van der Waals surface area contributed by atoms with Gasteiger partial charge in [0.05, 0.1) is 6.10 Å². The Morgan fingerprint density at radius 3 is 2.14 bits per heavy atom. The van der Waals surface area contributed by atoms with Gasteiger partial charge in [-0.15, -0.1) is 0 Å². The number of carboxylic acids is 1. The molecule has 0 aliphatic rings. The van der Waals surface area contributed by atoms with Crippen LogP contribution in [0, 0.1) is 5.92 Å². The molecule has 0 aliphatic heterocycles. The maximum Gasteiger partial charge on any atom is 0.328 e. The highest BCUT2D eigenvalue weighted by atomic mass is 16.4. The monoisotopic (exact) mass is 203 g/mol. The maximum absolute atomic E-state index is 11.0. The van der Waals surface area contributed by atoms with Crippen LogP contribution in [0.5, 0.6) is 0 Å². The van der Waals surface area contributed by atoms with Gasteiger partial charge in [-0.2, -0.15) is 0 Å². The lowest BCUT2D eigenvalue weighted by molar-refractivity contribution is -0.146. The fraction of sp³-hybridized carbons (Fsp3) is 0.778. The molecule has 0 radical (unpaired) electrons. The summed E-state index contributed by atoms with van der Waals surface area (Å²) in [7, 11) is 0. The lowest BCUT2D eigenvalue weighted by Gasteiger charge is -2.22. The van der Waals surface area contributed by atoms with Crippen molar-refractivity contribution in [2.45, 2.75) is 39.3 Å². The Kier molecular flexibility index (Phi) is 5.15. The van der Waals surface area contributed by atoms with E-state index in [-0.39, 0.29) is 18.2 Å². The van der Waals surface area contributed by atoms with E-state index in [9.17, 15) is 14.7 Å². The zero-order chi connectivity index (χ0) is 11.3. The van der Waals surface area contributed by atoms with Crippen LogP contribution >= 0.6 is 0 Å². The molecule has 1 amide bonds. The van der Waals surface area contributed by atoms with E-state index in [1.54, 1.807) is 20.8 Å². The number of carboxylic acid groups (broad SMARTS) is 1. The van der Waals surface area contributed by atoms with Crippen LogP contribution in [0.3, 0.4) is 0 Å². The fourth-order valence-electron chi connectivity index (χ4n) is 0.954. The van der Waals surface area contributed by atoms with Crippen LogP contribution < -0.4 is 5.32 Å². The molecular formula is C9H17NO4. The molecule has 0 aromatic rings. The predicted octanol–water partition coefficient (Wildman–Crippen LogP) is -0.0173. The summed E-state index contributed by atoms with van der Waals surface area (Å²) in [6, 6.07) is -1.22. The second kappa shape index (κ2) is 5.59. The highest BCUT2D eigenvalue weighted by molar-refractivity contribution is 5.83. The summed E-state index contributed by atoms with van der Waals surface area (Å²) >= 11 is 0. The molecule has 5 nitrogen and oxygen atoms in total. The summed E-state index contributed by atoms with van der Waals surface area (Å²) in [5.74, 6) is -1.81. The van der Waals surface area contributed by atoms with Gasteiger partial charge >= 0.3 is 5.97 Å². The van der Waals surface area contributed by atoms with Crippen LogP contribution in [0.25, 0.3) is 0 Å². The number of aliphatic hydroxyl groups excluding tert-OH is 1. The number of hydrogen-bond donors (Lipinski definition) is 3. The maximum atomic E-state index is 11.0. The molecule has 3 N–H and O–H groups in total. The van der Waals surface area contributed by atoms with Crippen molar-refractivity contribution < 1.29 is 19.8 Å². The predicted molar refractivity (Wildman–Crippen MR) is 50.7 cm³/mol. The Morgan fingerprint density at radius 2 is 1.86 bits per heavy atom. The smallest absolute Gasteiger partial charge is 0.328 e. The molecule has 0 fully saturated rings. The third kappa shape index (κ3) is 3.74. The number of carbonyl (C=O) groups is 2. The van der Waals surface area contributed by atoms with Gasteiger partial charge in [-0.1, -0.05) is 20.8 Å². The Balaban J connectivity index is 4.44. The van der Waals surface area contributed by atoms with Crippen LogP contribution in [0.1, 0.15) is 27.2 Å². The molecule has 0 saturated heterocycles. The Morgan fingerprint density at radius 1 is 1.36 bits per heavy atom. The second-order valence-electron chi connectivity index (χ2n) is 3.47. The van der Waals surface area contributed by atoms with Crippen molar-refractivity contribution in [3.05, 3.63) is 0 Å². The van der Waals surface area contributed by atoms with Gasteiger partial charge in [0.1, 0.15) is 0 Å².